The molecule has 3 aromatic rings. The van der Waals surface area contributed by atoms with Gasteiger partial charge in [0.2, 0.25) is 5.43 Å². The summed E-state index contributed by atoms with van der Waals surface area (Å²) in [6.45, 7) is 7.56. The molecule has 2 aromatic heterocycles. The zero-order valence-electron chi connectivity index (χ0n) is 20.2. The zero-order chi connectivity index (χ0) is 24.2. The number of carboxylic acids is 1. The number of fused-ring (bicyclic) bond motifs is 1. The number of pyridine rings is 2. The molecule has 1 aromatic carbocycles. The van der Waals surface area contributed by atoms with E-state index in [4.69, 9.17) is 4.98 Å². The maximum Gasteiger partial charge on any atom is 0.343 e. The SMILES string of the molecule is CN(C)C1CN(c2ccc(-n3c(N4CCC(C)(C)C4)c(C(=O)O)c(=O)c4ccccc43)cn2)C1. The molecule has 0 saturated carbocycles. The number of aromatic nitrogens is 2. The van der Waals surface area contributed by atoms with Gasteiger partial charge in [-0.15, -0.1) is 0 Å². The largest absolute Gasteiger partial charge is 0.477 e. The van der Waals surface area contributed by atoms with Crippen molar-refractivity contribution < 1.29 is 9.90 Å². The van der Waals surface area contributed by atoms with Gasteiger partial charge in [0.25, 0.3) is 0 Å². The van der Waals surface area contributed by atoms with Gasteiger partial charge in [-0.2, -0.15) is 0 Å². The van der Waals surface area contributed by atoms with E-state index < -0.39 is 11.4 Å². The Hall–Kier alpha value is -3.39. The summed E-state index contributed by atoms with van der Waals surface area (Å²) in [6, 6.07) is 11.7. The molecule has 0 spiro atoms. The third-order valence-corrected chi connectivity index (χ3v) is 7.15. The number of anilines is 2. The van der Waals surface area contributed by atoms with Crippen molar-refractivity contribution in [2.45, 2.75) is 26.3 Å². The van der Waals surface area contributed by atoms with Crippen molar-refractivity contribution in [3.8, 4) is 5.69 Å². The van der Waals surface area contributed by atoms with Gasteiger partial charge in [0, 0.05) is 37.6 Å². The number of hydrogen-bond donors (Lipinski definition) is 1. The number of rotatable bonds is 5. The molecular weight excluding hydrogens is 430 g/mol. The molecule has 0 radical (unpaired) electrons. The summed E-state index contributed by atoms with van der Waals surface area (Å²) in [7, 11) is 4.17. The molecule has 2 fully saturated rings. The van der Waals surface area contributed by atoms with Gasteiger partial charge in [-0.3, -0.25) is 9.36 Å². The monoisotopic (exact) mass is 461 g/mol. The first kappa shape index (κ1) is 22.4. The lowest BCUT2D eigenvalue weighted by Crippen LogP contribution is -2.57. The first-order chi connectivity index (χ1) is 16.2. The average Bonchev–Trinajstić information content (AvgIpc) is 3.12. The number of para-hydroxylation sites is 1. The molecule has 0 amide bonds. The Bertz CT molecular complexity index is 1310. The lowest BCUT2D eigenvalue weighted by Gasteiger charge is -2.43. The summed E-state index contributed by atoms with van der Waals surface area (Å²) in [4.78, 5) is 36.9. The van der Waals surface area contributed by atoms with Gasteiger partial charge in [0.1, 0.15) is 17.2 Å². The Kier molecular flexibility index (Phi) is 5.36. The smallest absolute Gasteiger partial charge is 0.343 e. The molecule has 0 bridgehead atoms. The number of nitrogens with zero attached hydrogens (tertiary/aromatic N) is 5. The average molecular weight is 462 g/mol. The van der Waals surface area contributed by atoms with Crippen LogP contribution in [-0.4, -0.2) is 71.8 Å². The number of carbonyl (C=O) groups is 1. The zero-order valence-corrected chi connectivity index (χ0v) is 20.2. The lowest BCUT2D eigenvalue weighted by atomic mass is 9.93. The second kappa shape index (κ2) is 8.13. The molecular formula is C26H31N5O3. The molecule has 8 nitrogen and oxygen atoms in total. The Labute approximate surface area is 199 Å². The normalized spacial score (nSPS) is 18.0. The van der Waals surface area contributed by atoms with E-state index in [2.05, 4.69) is 37.7 Å². The van der Waals surface area contributed by atoms with Crippen molar-refractivity contribution in [1.82, 2.24) is 14.5 Å². The molecule has 0 unspecified atom stereocenters. The second-order valence-corrected chi connectivity index (χ2v) is 10.4. The Morgan fingerprint density at radius 3 is 2.44 bits per heavy atom. The van der Waals surface area contributed by atoms with Gasteiger partial charge in [0.15, 0.2) is 0 Å². The standard InChI is InChI=1S/C26H31N5O3/c1-26(2)11-12-29(16-26)24-22(25(33)34)23(32)19-7-5-6-8-20(19)31(24)17-9-10-21(27-13-17)30-14-18(15-30)28(3)4/h5-10,13,18H,11-12,14-16H2,1-4H3,(H,33,34). The van der Waals surface area contributed by atoms with Gasteiger partial charge in [0.05, 0.1) is 17.4 Å². The highest BCUT2D eigenvalue weighted by molar-refractivity contribution is 5.99. The van der Waals surface area contributed by atoms with Crippen molar-refractivity contribution in [2.24, 2.45) is 5.41 Å². The molecule has 1 N–H and O–H groups in total. The van der Waals surface area contributed by atoms with Crippen LogP contribution in [0.3, 0.4) is 0 Å². The van der Waals surface area contributed by atoms with Crippen molar-refractivity contribution in [1.29, 1.82) is 0 Å². The van der Waals surface area contributed by atoms with Crippen LogP contribution in [0, 0.1) is 5.41 Å². The van der Waals surface area contributed by atoms with E-state index in [-0.39, 0.29) is 11.0 Å². The van der Waals surface area contributed by atoms with Gasteiger partial charge in [-0.1, -0.05) is 26.0 Å². The third-order valence-electron chi connectivity index (χ3n) is 7.15. The molecule has 2 saturated heterocycles. The number of hydrogen-bond acceptors (Lipinski definition) is 6. The lowest BCUT2D eigenvalue weighted by molar-refractivity contribution is 0.0696. The van der Waals surface area contributed by atoms with Crippen LogP contribution in [0.4, 0.5) is 11.6 Å². The van der Waals surface area contributed by atoms with E-state index in [1.807, 2.05) is 33.7 Å². The summed E-state index contributed by atoms with van der Waals surface area (Å²) >= 11 is 0. The van der Waals surface area contributed by atoms with Gasteiger partial charge < -0.3 is 19.8 Å². The van der Waals surface area contributed by atoms with Crippen molar-refractivity contribution >= 4 is 28.5 Å². The van der Waals surface area contributed by atoms with Crippen molar-refractivity contribution in [3.05, 3.63) is 58.4 Å². The van der Waals surface area contributed by atoms with E-state index >= 15 is 0 Å². The molecule has 0 atom stereocenters. The summed E-state index contributed by atoms with van der Waals surface area (Å²) in [5, 5.41) is 10.5. The number of aromatic carboxylic acids is 1. The Balaban J connectivity index is 1.67. The van der Waals surface area contributed by atoms with Gasteiger partial charge in [-0.25, -0.2) is 9.78 Å². The molecule has 2 aliphatic rings. The summed E-state index contributed by atoms with van der Waals surface area (Å²) in [5.74, 6) is 0.131. The molecule has 34 heavy (non-hydrogen) atoms. The fourth-order valence-corrected chi connectivity index (χ4v) is 5.04. The highest BCUT2D eigenvalue weighted by Crippen LogP contribution is 2.36. The van der Waals surface area contributed by atoms with Crippen LogP contribution < -0.4 is 15.2 Å². The van der Waals surface area contributed by atoms with E-state index in [1.54, 1.807) is 18.3 Å². The van der Waals surface area contributed by atoms with E-state index in [1.165, 1.54) is 0 Å². The maximum atomic E-state index is 13.3. The minimum atomic E-state index is -1.20. The van der Waals surface area contributed by atoms with Gasteiger partial charge >= 0.3 is 5.97 Å². The van der Waals surface area contributed by atoms with E-state index in [0.29, 0.717) is 35.9 Å². The number of benzene rings is 1. The van der Waals surface area contributed by atoms with E-state index in [0.717, 1.165) is 31.0 Å². The fourth-order valence-electron chi connectivity index (χ4n) is 5.04. The molecule has 2 aliphatic heterocycles. The first-order valence-electron chi connectivity index (χ1n) is 11.7. The Morgan fingerprint density at radius 2 is 1.85 bits per heavy atom. The maximum absolute atomic E-state index is 13.3. The van der Waals surface area contributed by atoms with Gasteiger partial charge in [-0.05, 0) is 50.2 Å². The van der Waals surface area contributed by atoms with Crippen LogP contribution in [0.5, 0.6) is 0 Å². The predicted molar refractivity (Wildman–Crippen MR) is 135 cm³/mol. The predicted octanol–water partition coefficient (Wildman–Crippen LogP) is 3.07. The van der Waals surface area contributed by atoms with Crippen LogP contribution in [0.15, 0.2) is 47.4 Å². The molecule has 0 aliphatic carbocycles. The molecule has 5 rings (SSSR count). The van der Waals surface area contributed by atoms with Crippen LogP contribution >= 0.6 is 0 Å². The summed E-state index contributed by atoms with van der Waals surface area (Å²) in [6.07, 6.45) is 2.71. The summed E-state index contributed by atoms with van der Waals surface area (Å²) in [5.41, 5.74) is 0.830. The first-order valence-corrected chi connectivity index (χ1v) is 11.7. The van der Waals surface area contributed by atoms with Crippen LogP contribution in [-0.2, 0) is 0 Å². The highest BCUT2D eigenvalue weighted by atomic mass is 16.4. The quantitative estimate of drug-likeness (QED) is 0.625. The second-order valence-electron chi connectivity index (χ2n) is 10.4. The Morgan fingerprint density at radius 1 is 1.12 bits per heavy atom. The summed E-state index contributed by atoms with van der Waals surface area (Å²) < 4.78 is 1.90. The minimum Gasteiger partial charge on any atom is -0.477 e. The highest BCUT2D eigenvalue weighted by Gasteiger charge is 2.35. The minimum absolute atomic E-state index is 0.0326. The molecule has 4 heterocycles. The van der Waals surface area contributed by atoms with Crippen molar-refractivity contribution in [3.63, 3.8) is 0 Å². The number of carboxylic acid groups (broad SMARTS) is 1. The molecule has 8 heteroatoms. The third kappa shape index (κ3) is 3.72. The van der Waals surface area contributed by atoms with Crippen LogP contribution in [0.25, 0.3) is 16.6 Å². The fraction of sp³-hybridized carbons (Fsp3) is 0.423. The molecule has 178 valence electrons. The topological polar surface area (TPSA) is 81.9 Å². The van der Waals surface area contributed by atoms with Crippen LogP contribution in [0.2, 0.25) is 0 Å². The van der Waals surface area contributed by atoms with Crippen molar-refractivity contribution in [2.75, 3.05) is 50.1 Å². The van der Waals surface area contributed by atoms with Crippen LogP contribution in [0.1, 0.15) is 30.6 Å². The number of likely N-dealkylation sites (N-methyl/N-ethyl adjacent to an activating group) is 1. The van der Waals surface area contributed by atoms with E-state index in [9.17, 15) is 14.7 Å².